The van der Waals surface area contributed by atoms with E-state index in [1.54, 1.807) is 43.3 Å². The Labute approximate surface area is 201 Å². The van der Waals surface area contributed by atoms with Gasteiger partial charge in [-0.3, -0.25) is 9.52 Å². The minimum atomic E-state index is -3.84. The highest BCUT2D eigenvalue weighted by Gasteiger charge is 2.26. The lowest BCUT2D eigenvalue weighted by molar-refractivity contribution is 0.0281. The number of rotatable bonds is 5. The smallest absolute Gasteiger partial charge is 0.261 e. The van der Waals surface area contributed by atoms with Crippen LogP contribution in [0.3, 0.4) is 0 Å². The molecule has 186 valence electrons. The molecule has 0 radical (unpaired) electrons. The normalized spacial score (nSPS) is 22.1. The molecule has 1 aliphatic heterocycles. The second-order valence-corrected chi connectivity index (χ2v) is 10.2. The second kappa shape index (κ2) is 11.1. The van der Waals surface area contributed by atoms with Gasteiger partial charge in [-0.2, -0.15) is 0 Å². The molecular formula is C24H33N3O6S. The number of anilines is 1. The van der Waals surface area contributed by atoms with Gasteiger partial charge in [-0.15, -0.1) is 0 Å². The van der Waals surface area contributed by atoms with Gasteiger partial charge in [-0.25, -0.2) is 8.42 Å². The van der Waals surface area contributed by atoms with Gasteiger partial charge in [0, 0.05) is 39.4 Å². The van der Waals surface area contributed by atoms with Crippen molar-refractivity contribution in [2.45, 2.75) is 30.9 Å². The van der Waals surface area contributed by atoms with Crippen LogP contribution in [-0.4, -0.2) is 72.3 Å². The van der Waals surface area contributed by atoms with Crippen LogP contribution in [0.25, 0.3) is 0 Å². The molecule has 0 unspecified atom stereocenters. The Bertz CT molecular complexity index is 1090. The van der Waals surface area contributed by atoms with Crippen molar-refractivity contribution in [2.75, 3.05) is 45.7 Å². The third kappa shape index (κ3) is 6.19. The lowest BCUT2D eigenvalue weighted by Gasteiger charge is -2.30. The number of methoxy groups -OCH3 is 2. The molecule has 0 saturated heterocycles. The van der Waals surface area contributed by atoms with E-state index < -0.39 is 10.0 Å². The maximum absolute atomic E-state index is 13.2. The summed E-state index contributed by atoms with van der Waals surface area (Å²) < 4.78 is 45.0. The summed E-state index contributed by atoms with van der Waals surface area (Å²) in [6.07, 6.45) is -0.131. The Morgan fingerprint density at radius 2 is 1.82 bits per heavy atom. The van der Waals surface area contributed by atoms with Crippen molar-refractivity contribution >= 4 is 21.6 Å². The monoisotopic (exact) mass is 491 g/mol. The van der Waals surface area contributed by atoms with Crippen LogP contribution in [0.4, 0.5) is 5.69 Å². The summed E-state index contributed by atoms with van der Waals surface area (Å²) in [6.45, 7) is 5.50. The molecule has 0 saturated carbocycles. The van der Waals surface area contributed by atoms with E-state index in [9.17, 15) is 13.2 Å². The lowest BCUT2D eigenvalue weighted by Crippen LogP contribution is -2.44. The van der Waals surface area contributed by atoms with E-state index in [4.69, 9.17) is 14.2 Å². The van der Waals surface area contributed by atoms with Crippen molar-refractivity contribution in [3.8, 4) is 11.5 Å². The number of nitrogens with one attached hydrogen (secondary N) is 2. The van der Waals surface area contributed by atoms with Crippen LogP contribution in [-0.2, 0) is 14.8 Å². The Morgan fingerprint density at radius 3 is 2.47 bits per heavy atom. The average Bonchev–Trinajstić information content (AvgIpc) is 2.83. The largest absolute Gasteiger partial charge is 0.497 e. The minimum absolute atomic E-state index is 0.0136. The number of fused-ring (bicyclic) bond motifs is 1. The van der Waals surface area contributed by atoms with E-state index in [0.29, 0.717) is 42.4 Å². The molecule has 2 aromatic carbocycles. The fourth-order valence-corrected chi connectivity index (χ4v) is 4.74. The maximum Gasteiger partial charge on any atom is 0.261 e. The quantitative estimate of drug-likeness (QED) is 0.662. The van der Waals surface area contributed by atoms with Crippen LogP contribution < -0.4 is 19.5 Å². The maximum atomic E-state index is 13.2. The topological polar surface area (TPSA) is 106 Å². The molecule has 3 atom stereocenters. The molecule has 2 N–H and O–H groups in total. The van der Waals surface area contributed by atoms with E-state index in [1.807, 2.05) is 6.92 Å². The van der Waals surface area contributed by atoms with Gasteiger partial charge >= 0.3 is 0 Å². The molecule has 1 aliphatic rings. The van der Waals surface area contributed by atoms with Crippen LogP contribution >= 0.6 is 0 Å². The SMILES string of the molecule is COc1ccc(S(=O)(=O)Nc2ccc3c(c2)OC[C@@H](C)NC[C@H](C)[C@@H](OC)CN(C)C3=O)cc1. The van der Waals surface area contributed by atoms with Crippen molar-refractivity contribution < 1.29 is 27.4 Å². The van der Waals surface area contributed by atoms with E-state index >= 15 is 0 Å². The zero-order valence-electron chi connectivity index (χ0n) is 20.2. The third-order valence-corrected chi connectivity index (χ3v) is 7.25. The molecule has 3 rings (SSSR count). The highest BCUT2D eigenvalue weighted by molar-refractivity contribution is 7.92. The van der Waals surface area contributed by atoms with E-state index in [2.05, 4.69) is 17.0 Å². The van der Waals surface area contributed by atoms with Crippen molar-refractivity contribution in [1.29, 1.82) is 0 Å². The minimum Gasteiger partial charge on any atom is -0.497 e. The summed E-state index contributed by atoms with van der Waals surface area (Å²) in [7, 11) is 1.03. The first-order chi connectivity index (χ1) is 16.1. The molecule has 1 amide bonds. The number of amides is 1. The highest BCUT2D eigenvalue weighted by atomic mass is 32.2. The van der Waals surface area contributed by atoms with E-state index in [0.717, 1.165) is 0 Å². The number of carbonyl (C=O) groups excluding carboxylic acids is 1. The number of likely N-dealkylation sites (N-methyl/N-ethyl adjacent to an activating group) is 1. The second-order valence-electron chi connectivity index (χ2n) is 8.55. The number of hydrogen-bond donors (Lipinski definition) is 2. The molecular weight excluding hydrogens is 458 g/mol. The Morgan fingerprint density at radius 1 is 1.12 bits per heavy atom. The van der Waals surface area contributed by atoms with Gasteiger partial charge < -0.3 is 24.4 Å². The number of benzene rings is 2. The summed E-state index contributed by atoms with van der Waals surface area (Å²) in [5.74, 6) is 0.831. The van der Waals surface area contributed by atoms with E-state index in [1.165, 1.54) is 25.3 Å². The summed E-state index contributed by atoms with van der Waals surface area (Å²) in [5.41, 5.74) is 0.645. The zero-order valence-corrected chi connectivity index (χ0v) is 21.0. The van der Waals surface area contributed by atoms with Gasteiger partial charge in [-0.1, -0.05) is 6.92 Å². The van der Waals surface area contributed by atoms with Gasteiger partial charge in [0.1, 0.15) is 18.1 Å². The predicted molar refractivity (Wildman–Crippen MR) is 130 cm³/mol. The third-order valence-electron chi connectivity index (χ3n) is 5.85. The zero-order chi connectivity index (χ0) is 24.9. The summed E-state index contributed by atoms with van der Waals surface area (Å²) >= 11 is 0. The molecule has 34 heavy (non-hydrogen) atoms. The number of ether oxygens (including phenoxy) is 3. The lowest BCUT2D eigenvalue weighted by atomic mass is 10.0. The first-order valence-electron chi connectivity index (χ1n) is 11.1. The van der Waals surface area contributed by atoms with Gasteiger partial charge in [0.25, 0.3) is 15.9 Å². The summed E-state index contributed by atoms with van der Waals surface area (Å²) in [4.78, 5) is 14.9. The Kier molecular flexibility index (Phi) is 8.40. The molecule has 0 spiro atoms. The standard InChI is InChI=1S/C24H33N3O6S/c1-16-13-25-17(2)15-33-22-12-18(6-11-21(22)24(28)27(3)14-23(16)32-5)26-34(29,30)20-9-7-19(31-4)8-10-20/h6-12,16-17,23,25-26H,13-15H2,1-5H3/t16-,17+,23-/m0/s1. The predicted octanol–water partition coefficient (Wildman–Crippen LogP) is 2.59. The van der Waals surface area contributed by atoms with Gasteiger partial charge in [-0.05, 0) is 49.2 Å². The summed E-state index contributed by atoms with van der Waals surface area (Å²) in [6, 6.07) is 10.8. The number of sulfonamides is 1. The molecule has 9 nitrogen and oxygen atoms in total. The molecule has 0 fully saturated rings. The van der Waals surface area contributed by atoms with Crippen LogP contribution in [0.15, 0.2) is 47.4 Å². The van der Waals surface area contributed by atoms with Crippen molar-refractivity contribution in [3.05, 3.63) is 48.0 Å². The first-order valence-corrected chi connectivity index (χ1v) is 12.6. The van der Waals surface area contributed by atoms with Crippen LogP contribution in [0.2, 0.25) is 0 Å². The molecule has 0 aliphatic carbocycles. The molecule has 0 bridgehead atoms. The number of hydrogen-bond acceptors (Lipinski definition) is 7. The van der Waals surface area contributed by atoms with E-state index in [-0.39, 0.29) is 28.9 Å². The fraction of sp³-hybridized carbons (Fsp3) is 0.458. The average molecular weight is 492 g/mol. The Hall–Kier alpha value is -2.82. The Balaban J connectivity index is 1.90. The van der Waals surface area contributed by atoms with Gasteiger partial charge in [0.2, 0.25) is 0 Å². The van der Waals surface area contributed by atoms with Crippen LogP contribution in [0, 0.1) is 5.92 Å². The van der Waals surface area contributed by atoms with Crippen molar-refractivity contribution in [3.63, 3.8) is 0 Å². The summed E-state index contributed by atoms with van der Waals surface area (Å²) in [5, 5.41) is 3.42. The molecule has 10 heteroatoms. The fourth-order valence-electron chi connectivity index (χ4n) is 3.69. The number of nitrogens with zero attached hydrogens (tertiary/aromatic N) is 1. The molecule has 1 heterocycles. The van der Waals surface area contributed by atoms with Gasteiger partial charge in [0.15, 0.2) is 0 Å². The number of carbonyl (C=O) groups is 1. The first kappa shape index (κ1) is 25.8. The molecule has 2 aromatic rings. The van der Waals surface area contributed by atoms with Crippen LogP contribution in [0.1, 0.15) is 24.2 Å². The molecule has 0 aromatic heterocycles. The van der Waals surface area contributed by atoms with Gasteiger partial charge in [0.05, 0.1) is 29.4 Å². The van der Waals surface area contributed by atoms with Crippen molar-refractivity contribution in [1.82, 2.24) is 10.2 Å². The highest BCUT2D eigenvalue weighted by Crippen LogP contribution is 2.28. The van der Waals surface area contributed by atoms with Crippen LogP contribution in [0.5, 0.6) is 11.5 Å². The van der Waals surface area contributed by atoms with Crippen molar-refractivity contribution in [2.24, 2.45) is 5.92 Å².